The van der Waals surface area contributed by atoms with E-state index < -0.39 is 0 Å². The molecule has 4 rings (SSSR count). The number of hydrogen-bond acceptors (Lipinski definition) is 6. The van der Waals surface area contributed by atoms with Crippen LogP contribution in [0.15, 0.2) is 42.7 Å². The van der Waals surface area contributed by atoms with Gasteiger partial charge < -0.3 is 19.5 Å². The molecule has 0 saturated carbocycles. The standard InChI is InChI=1S/C19H22N6O2S/c1-13-22-23-16(28-13)12-24(2)19(26)21-15-8-11-27-17(15)18-20-9-10-25(18)14-6-4-3-5-7-14/h3-7,9-10,15,17H,8,11-12H2,1-2H3,(H,21,26)/t15-,17-/m0/s1. The normalized spacial score (nSPS) is 18.9. The lowest BCUT2D eigenvalue weighted by molar-refractivity contribution is 0.0905. The molecule has 3 heterocycles. The number of para-hydroxylation sites is 1. The van der Waals surface area contributed by atoms with E-state index in [1.54, 1.807) is 18.1 Å². The molecule has 2 aromatic heterocycles. The number of hydrogen-bond donors (Lipinski definition) is 1. The van der Waals surface area contributed by atoms with Crippen LogP contribution in [0.3, 0.4) is 0 Å². The summed E-state index contributed by atoms with van der Waals surface area (Å²) in [4.78, 5) is 18.8. The lowest BCUT2D eigenvalue weighted by atomic mass is 10.1. The molecule has 8 nitrogen and oxygen atoms in total. The van der Waals surface area contributed by atoms with Crippen molar-refractivity contribution in [1.82, 2.24) is 30.0 Å². The van der Waals surface area contributed by atoms with Gasteiger partial charge in [0, 0.05) is 31.7 Å². The quantitative estimate of drug-likeness (QED) is 0.714. The highest BCUT2D eigenvalue weighted by Gasteiger charge is 2.34. The molecule has 0 radical (unpaired) electrons. The number of nitrogens with one attached hydrogen (secondary N) is 1. The van der Waals surface area contributed by atoms with Gasteiger partial charge in [-0.25, -0.2) is 9.78 Å². The van der Waals surface area contributed by atoms with Gasteiger partial charge in [-0.1, -0.05) is 29.5 Å². The van der Waals surface area contributed by atoms with Gasteiger partial charge in [-0.2, -0.15) is 0 Å². The van der Waals surface area contributed by atoms with Crippen LogP contribution in [0.4, 0.5) is 4.79 Å². The SMILES string of the molecule is Cc1nnc(CN(C)C(=O)N[C@H]2CCO[C@@H]2c2nccn2-c2ccccc2)s1. The average molecular weight is 398 g/mol. The third kappa shape index (κ3) is 3.90. The molecule has 9 heteroatoms. The zero-order valence-electron chi connectivity index (χ0n) is 15.8. The molecule has 2 amide bonds. The number of benzene rings is 1. The van der Waals surface area contributed by atoms with Gasteiger partial charge in [0.1, 0.15) is 21.9 Å². The maximum absolute atomic E-state index is 12.7. The van der Waals surface area contributed by atoms with E-state index in [4.69, 9.17) is 4.74 Å². The van der Waals surface area contributed by atoms with Crippen LogP contribution in [-0.2, 0) is 11.3 Å². The summed E-state index contributed by atoms with van der Waals surface area (Å²) in [6.45, 7) is 2.90. The second-order valence-corrected chi connectivity index (χ2v) is 7.96. The first-order chi connectivity index (χ1) is 13.6. The molecule has 1 aromatic carbocycles. The highest BCUT2D eigenvalue weighted by molar-refractivity contribution is 7.11. The van der Waals surface area contributed by atoms with E-state index in [9.17, 15) is 4.79 Å². The van der Waals surface area contributed by atoms with Gasteiger partial charge in [-0.15, -0.1) is 10.2 Å². The third-order valence-electron chi connectivity index (χ3n) is 4.65. The van der Waals surface area contributed by atoms with Gasteiger partial charge >= 0.3 is 6.03 Å². The molecule has 28 heavy (non-hydrogen) atoms. The Kier molecular flexibility index (Phi) is 5.36. The van der Waals surface area contributed by atoms with Crippen molar-refractivity contribution < 1.29 is 9.53 Å². The molecule has 0 aliphatic carbocycles. The smallest absolute Gasteiger partial charge is 0.317 e. The second kappa shape index (κ2) is 8.07. The predicted octanol–water partition coefficient (Wildman–Crippen LogP) is 2.70. The minimum absolute atomic E-state index is 0.143. The maximum Gasteiger partial charge on any atom is 0.317 e. The summed E-state index contributed by atoms with van der Waals surface area (Å²) < 4.78 is 7.94. The zero-order chi connectivity index (χ0) is 19.5. The van der Waals surface area contributed by atoms with Gasteiger partial charge in [0.15, 0.2) is 0 Å². The second-order valence-electron chi connectivity index (χ2n) is 6.70. The summed E-state index contributed by atoms with van der Waals surface area (Å²) in [6, 6.07) is 9.68. The van der Waals surface area contributed by atoms with Crippen LogP contribution in [0.1, 0.15) is 28.4 Å². The van der Waals surface area contributed by atoms with Crippen molar-refractivity contribution in [3.63, 3.8) is 0 Å². The van der Waals surface area contributed by atoms with Crippen LogP contribution in [0.5, 0.6) is 0 Å². The van der Waals surface area contributed by atoms with Crippen molar-refractivity contribution in [3.05, 3.63) is 58.6 Å². The Balaban J connectivity index is 1.46. The van der Waals surface area contributed by atoms with Gasteiger partial charge in [-0.3, -0.25) is 0 Å². The Morgan fingerprint density at radius 1 is 1.36 bits per heavy atom. The number of aryl methyl sites for hydroxylation is 1. The molecular formula is C19H22N6O2S. The highest BCUT2D eigenvalue weighted by Crippen LogP contribution is 2.29. The molecule has 1 saturated heterocycles. The number of rotatable bonds is 5. The van der Waals surface area contributed by atoms with Crippen LogP contribution >= 0.6 is 11.3 Å². The molecule has 1 fully saturated rings. The van der Waals surface area contributed by atoms with Crippen LogP contribution in [0.2, 0.25) is 0 Å². The van der Waals surface area contributed by atoms with Crippen LogP contribution < -0.4 is 5.32 Å². The summed E-state index contributed by atoms with van der Waals surface area (Å²) in [5.41, 5.74) is 1.01. The number of ether oxygens (including phenoxy) is 1. The first-order valence-corrected chi connectivity index (χ1v) is 9.94. The Bertz CT molecular complexity index is 941. The molecule has 146 valence electrons. The average Bonchev–Trinajstić information content (AvgIpc) is 3.43. The van der Waals surface area contributed by atoms with Gasteiger partial charge in [-0.05, 0) is 25.5 Å². The zero-order valence-corrected chi connectivity index (χ0v) is 16.6. The summed E-state index contributed by atoms with van der Waals surface area (Å²) in [6.07, 6.45) is 4.11. The van der Waals surface area contributed by atoms with E-state index in [-0.39, 0.29) is 18.2 Å². The molecule has 0 spiro atoms. The van der Waals surface area contributed by atoms with Gasteiger partial charge in [0.25, 0.3) is 0 Å². The Labute approximate surface area is 167 Å². The molecule has 1 aliphatic rings. The number of imidazole rings is 1. The van der Waals surface area contributed by atoms with Crippen LogP contribution in [-0.4, -0.2) is 50.4 Å². The van der Waals surface area contributed by atoms with Gasteiger partial charge in [0.05, 0.1) is 12.6 Å². The lowest BCUT2D eigenvalue weighted by Crippen LogP contribution is -2.44. The molecule has 0 unspecified atom stereocenters. The van der Waals surface area contributed by atoms with E-state index in [0.717, 1.165) is 27.9 Å². The van der Waals surface area contributed by atoms with Crippen molar-refractivity contribution in [1.29, 1.82) is 0 Å². The van der Waals surface area contributed by atoms with E-state index in [1.807, 2.05) is 48.0 Å². The highest BCUT2D eigenvalue weighted by atomic mass is 32.1. The van der Waals surface area contributed by atoms with Crippen molar-refractivity contribution in [2.45, 2.75) is 32.0 Å². The number of aromatic nitrogens is 4. The summed E-state index contributed by atoms with van der Waals surface area (Å²) in [5.74, 6) is 0.788. The predicted molar refractivity (Wildman–Crippen MR) is 105 cm³/mol. The van der Waals surface area contributed by atoms with Crippen molar-refractivity contribution >= 4 is 17.4 Å². The Morgan fingerprint density at radius 2 is 2.18 bits per heavy atom. The maximum atomic E-state index is 12.7. The summed E-state index contributed by atoms with van der Waals surface area (Å²) in [7, 11) is 1.75. The van der Waals surface area contributed by atoms with Crippen LogP contribution in [0.25, 0.3) is 5.69 Å². The van der Waals surface area contributed by atoms with Crippen molar-refractivity contribution in [2.24, 2.45) is 0 Å². The van der Waals surface area contributed by atoms with E-state index in [1.165, 1.54) is 11.3 Å². The summed E-state index contributed by atoms with van der Waals surface area (Å²) >= 11 is 1.49. The largest absolute Gasteiger partial charge is 0.368 e. The Morgan fingerprint density at radius 3 is 2.93 bits per heavy atom. The number of amides is 2. The topological polar surface area (TPSA) is 85.2 Å². The molecular weight excluding hydrogens is 376 g/mol. The molecule has 2 atom stereocenters. The van der Waals surface area contributed by atoms with E-state index >= 15 is 0 Å². The van der Waals surface area contributed by atoms with Crippen LogP contribution in [0, 0.1) is 6.92 Å². The fourth-order valence-electron chi connectivity index (χ4n) is 3.27. The summed E-state index contributed by atoms with van der Waals surface area (Å²) in [5, 5.41) is 12.9. The van der Waals surface area contributed by atoms with Crippen molar-refractivity contribution in [3.8, 4) is 5.69 Å². The number of carbonyl (C=O) groups excluding carboxylic acids is 1. The monoisotopic (exact) mass is 398 g/mol. The fraction of sp³-hybridized carbons (Fsp3) is 0.368. The van der Waals surface area contributed by atoms with Crippen molar-refractivity contribution in [2.75, 3.05) is 13.7 Å². The van der Waals surface area contributed by atoms with E-state index in [2.05, 4.69) is 20.5 Å². The first kappa shape index (κ1) is 18.6. The fourth-order valence-corrected chi connectivity index (χ4v) is 4.03. The first-order valence-electron chi connectivity index (χ1n) is 9.12. The number of nitrogens with zero attached hydrogens (tertiary/aromatic N) is 5. The van der Waals surface area contributed by atoms with Gasteiger partial charge in [0.2, 0.25) is 0 Å². The molecule has 0 bridgehead atoms. The molecule has 3 aromatic rings. The third-order valence-corrected chi connectivity index (χ3v) is 5.47. The minimum atomic E-state index is -0.295. The lowest BCUT2D eigenvalue weighted by Gasteiger charge is -2.24. The molecule has 1 N–H and O–H groups in total. The minimum Gasteiger partial charge on any atom is -0.368 e. The number of carbonyl (C=O) groups is 1. The van der Waals surface area contributed by atoms with E-state index in [0.29, 0.717) is 13.2 Å². The molecule has 1 aliphatic heterocycles. The Hall–Kier alpha value is -2.78. The number of urea groups is 1.